The number of carbonyl (C=O) groups is 1. The second-order valence-corrected chi connectivity index (χ2v) is 9.74. The summed E-state index contributed by atoms with van der Waals surface area (Å²) in [4.78, 5) is 17.1. The molecular formula is C23H21N3O4S2. The zero-order valence-electron chi connectivity index (χ0n) is 17.5. The van der Waals surface area contributed by atoms with Crippen LogP contribution in [0.1, 0.15) is 22.8 Å². The van der Waals surface area contributed by atoms with Crippen LogP contribution >= 0.6 is 11.3 Å². The van der Waals surface area contributed by atoms with Crippen molar-refractivity contribution >= 4 is 48.3 Å². The minimum Gasteiger partial charge on any atom is -0.494 e. The van der Waals surface area contributed by atoms with Gasteiger partial charge < -0.3 is 10.1 Å². The molecule has 1 aromatic heterocycles. The van der Waals surface area contributed by atoms with Crippen molar-refractivity contribution in [3.8, 4) is 5.75 Å². The molecule has 164 valence electrons. The minimum atomic E-state index is -3.73. The highest BCUT2D eigenvalue weighted by Crippen LogP contribution is 2.30. The smallest absolute Gasteiger partial charge is 0.263 e. The number of anilines is 2. The van der Waals surface area contributed by atoms with Crippen LogP contribution in [0.4, 0.5) is 10.8 Å². The summed E-state index contributed by atoms with van der Waals surface area (Å²) in [5.41, 5.74) is 2.71. The van der Waals surface area contributed by atoms with Crippen LogP contribution in [-0.2, 0) is 10.0 Å². The number of hydrogen-bond donors (Lipinski definition) is 2. The normalized spacial score (nSPS) is 11.3. The number of amides is 1. The molecule has 0 unspecified atom stereocenters. The van der Waals surface area contributed by atoms with Crippen molar-refractivity contribution in [2.75, 3.05) is 16.6 Å². The molecule has 0 aliphatic heterocycles. The van der Waals surface area contributed by atoms with E-state index < -0.39 is 10.0 Å². The van der Waals surface area contributed by atoms with E-state index in [4.69, 9.17) is 4.74 Å². The molecule has 0 atom stereocenters. The van der Waals surface area contributed by atoms with Crippen molar-refractivity contribution in [2.24, 2.45) is 0 Å². The topological polar surface area (TPSA) is 97.4 Å². The number of fused-ring (bicyclic) bond motifs is 1. The van der Waals surface area contributed by atoms with Crippen molar-refractivity contribution in [3.63, 3.8) is 0 Å². The number of aromatic nitrogens is 1. The van der Waals surface area contributed by atoms with Gasteiger partial charge in [0.25, 0.3) is 15.9 Å². The minimum absolute atomic E-state index is 0.172. The van der Waals surface area contributed by atoms with Crippen molar-refractivity contribution in [3.05, 3.63) is 77.9 Å². The molecule has 0 bridgehead atoms. The Morgan fingerprint density at radius 3 is 2.44 bits per heavy atom. The number of rotatable bonds is 7. The number of sulfonamides is 1. The standard InChI is InChI=1S/C23H21N3O4S2/c1-3-30-18-9-6-16(7-10-18)22(27)24-17-8-13-20-21(14-17)31-23(25-20)26-32(28,29)19-11-4-15(2)5-12-19/h4-14H,3H2,1-2H3,(H,24,27)(H,25,26). The molecule has 0 spiro atoms. The Hall–Kier alpha value is -3.43. The van der Waals surface area contributed by atoms with Crippen LogP contribution < -0.4 is 14.8 Å². The molecule has 0 saturated heterocycles. The van der Waals surface area contributed by atoms with E-state index in [1.54, 1.807) is 66.7 Å². The van der Waals surface area contributed by atoms with Crippen LogP contribution in [0.15, 0.2) is 71.6 Å². The van der Waals surface area contributed by atoms with Gasteiger partial charge in [-0.15, -0.1) is 0 Å². The third kappa shape index (κ3) is 4.90. The largest absolute Gasteiger partial charge is 0.494 e. The van der Waals surface area contributed by atoms with E-state index in [1.165, 1.54) is 11.3 Å². The maximum Gasteiger partial charge on any atom is 0.263 e. The second kappa shape index (κ2) is 8.97. The van der Waals surface area contributed by atoms with Gasteiger partial charge in [-0.1, -0.05) is 29.0 Å². The summed E-state index contributed by atoms with van der Waals surface area (Å²) in [6.07, 6.45) is 0. The highest BCUT2D eigenvalue weighted by atomic mass is 32.2. The maximum absolute atomic E-state index is 12.6. The van der Waals surface area contributed by atoms with Crippen molar-refractivity contribution < 1.29 is 17.9 Å². The number of hydrogen-bond acceptors (Lipinski definition) is 6. The molecule has 4 rings (SSSR count). The lowest BCUT2D eigenvalue weighted by molar-refractivity contribution is 0.102. The predicted molar refractivity (Wildman–Crippen MR) is 127 cm³/mol. The van der Waals surface area contributed by atoms with Gasteiger partial charge in [0.15, 0.2) is 5.13 Å². The summed E-state index contributed by atoms with van der Waals surface area (Å²) in [7, 11) is -3.73. The number of nitrogens with one attached hydrogen (secondary N) is 2. The van der Waals surface area contributed by atoms with Gasteiger partial charge in [-0.2, -0.15) is 0 Å². The van der Waals surface area contributed by atoms with E-state index >= 15 is 0 Å². The lowest BCUT2D eigenvalue weighted by Gasteiger charge is -2.07. The number of ether oxygens (including phenoxy) is 1. The highest BCUT2D eigenvalue weighted by molar-refractivity contribution is 7.93. The first-order valence-electron chi connectivity index (χ1n) is 9.88. The zero-order chi connectivity index (χ0) is 22.7. The fourth-order valence-corrected chi connectivity index (χ4v) is 5.15. The lowest BCUT2D eigenvalue weighted by atomic mass is 10.2. The van der Waals surface area contributed by atoms with Crippen molar-refractivity contribution in [1.82, 2.24) is 4.98 Å². The molecular weight excluding hydrogens is 446 g/mol. The summed E-state index contributed by atoms with van der Waals surface area (Å²) >= 11 is 1.20. The Bertz CT molecular complexity index is 1360. The monoisotopic (exact) mass is 467 g/mol. The summed E-state index contributed by atoms with van der Waals surface area (Å²) in [6, 6.07) is 18.7. The van der Waals surface area contributed by atoms with E-state index in [-0.39, 0.29) is 15.9 Å². The molecule has 0 aliphatic rings. The molecule has 2 N–H and O–H groups in total. The molecule has 3 aromatic carbocycles. The van der Waals surface area contributed by atoms with Gasteiger partial charge in [-0.25, -0.2) is 13.4 Å². The van der Waals surface area contributed by atoms with Gasteiger partial charge in [-0.3, -0.25) is 9.52 Å². The van der Waals surface area contributed by atoms with Crippen molar-refractivity contribution in [2.45, 2.75) is 18.7 Å². The Balaban J connectivity index is 1.50. The number of thiazole rings is 1. The van der Waals surface area contributed by atoms with E-state index in [0.29, 0.717) is 29.1 Å². The Kier molecular flexibility index (Phi) is 6.11. The quantitative estimate of drug-likeness (QED) is 0.396. The molecule has 1 amide bonds. The van der Waals surface area contributed by atoms with E-state index in [1.807, 2.05) is 13.8 Å². The molecule has 0 fully saturated rings. The molecule has 0 saturated carbocycles. The fraction of sp³-hybridized carbons (Fsp3) is 0.130. The predicted octanol–water partition coefficient (Wildman–Crippen LogP) is 5.06. The zero-order valence-corrected chi connectivity index (χ0v) is 19.1. The molecule has 32 heavy (non-hydrogen) atoms. The lowest BCUT2D eigenvalue weighted by Crippen LogP contribution is -2.12. The third-order valence-corrected chi connectivity index (χ3v) is 7.04. The van der Waals surface area contributed by atoms with Crippen molar-refractivity contribution in [1.29, 1.82) is 0 Å². The van der Waals surface area contributed by atoms with Crippen LogP contribution in [0.5, 0.6) is 5.75 Å². The van der Waals surface area contributed by atoms with Gasteiger partial charge in [0.1, 0.15) is 5.75 Å². The number of aryl methyl sites for hydroxylation is 1. The first-order valence-corrected chi connectivity index (χ1v) is 12.2. The molecule has 7 nitrogen and oxygen atoms in total. The van der Waals surface area contributed by atoms with Crippen LogP contribution in [0.25, 0.3) is 10.2 Å². The highest BCUT2D eigenvalue weighted by Gasteiger charge is 2.17. The molecule has 0 radical (unpaired) electrons. The summed E-state index contributed by atoms with van der Waals surface area (Å²) in [5, 5.41) is 3.11. The SMILES string of the molecule is CCOc1ccc(C(=O)Nc2ccc3nc(NS(=O)(=O)c4ccc(C)cc4)sc3c2)cc1. The molecule has 4 aromatic rings. The average Bonchev–Trinajstić information content (AvgIpc) is 3.15. The van der Waals surface area contributed by atoms with E-state index in [9.17, 15) is 13.2 Å². The van der Waals surface area contributed by atoms with Crippen LogP contribution in [0.2, 0.25) is 0 Å². The first kappa shape index (κ1) is 21.8. The Morgan fingerprint density at radius 2 is 1.75 bits per heavy atom. The molecule has 1 heterocycles. The van der Waals surface area contributed by atoms with Gasteiger partial charge in [-0.05, 0) is 68.4 Å². The average molecular weight is 468 g/mol. The summed E-state index contributed by atoms with van der Waals surface area (Å²) < 4.78 is 33.9. The Morgan fingerprint density at radius 1 is 1.03 bits per heavy atom. The fourth-order valence-electron chi connectivity index (χ4n) is 3.01. The van der Waals surface area contributed by atoms with Crippen LogP contribution in [0.3, 0.4) is 0 Å². The maximum atomic E-state index is 12.6. The number of carbonyl (C=O) groups excluding carboxylic acids is 1. The first-order chi connectivity index (χ1) is 15.3. The van der Waals surface area contributed by atoms with Gasteiger partial charge in [0, 0.05) is 11.3 Å². The Labute approximate surface area is 190 Å². The van der Waals surface area contributed by atoms with Crippen LogP contribution in [-0.4, -0.2) is 25.9 Å². The van der Waals surface area contributed by atoms with E-state index in [0.717, 1.165) is 10.3 Å². The third-order valence-electron chi connectivity index (χ3n) is 4.63. The molecule has 0 aliphatic carbocycles. The summed E-state index contributed by atoms with van der Waals surface area (Å²) in [6.45, 7) is 4.35. The summed E-state index contributed by atoms with van der Waals surface area (Å²) in [5.74, 6) is 0.452. The molecule has 9 heteroatoms. The second-order valence-electron chi connectivity index (χ2n) is 7.03. The van der Waals surface area contributed by atoms with Gasteiger partial charge >= 0.3 is 0 Å². The van der Waals surface area contributed by atoms with Gasteiger partial charge in [0.05, 0.1) is 21.7 Å². The number of benzene rings is 3. The van der Waals surface area contributed by atoms with E-state index in [2.05, 4.69) is 15.0 Å². The number of nitrogens with zero attached hydrogens (tertiary/aromatic N) is 1. The van der Waals surface area contributed by atoms with Gasteiger partial charge in [0.2, 0.25) is 0 Å². The van der Waals surface area contributed by atoms with Crippen LogP contribution in [0, 0.1) is 6.92 Å².